The average Bonchev–Trinajstić information content (AvgIpc) is 3.24. The molecule has 2 amide bonds. The number of carbonyl (C=O) groups is 2. The van der Waals surface area contributed by atoms with Gasteiger partial charge in [0, 0.05) is 0 Å². The molecule has 5 aromatic carbocycles. The van der Waals surface area contributed by atoms with Crippen LogP contribution in [0.1, 0.15) is 16.7 Å². The lowest BCUT2D eigenvalue weighted by Crippen LogP contribution is -2.31. The topological polar surface area (TPSA) is 65.1 Å². The third-order valence-corrected chi connectivity index (χ3v) is 7.31. The fourth-order valence-corrected chi connectivity index (χ4v) is 5.35. The number of benzene rings is 5. The molecule has 0 spiro atoms. The van der Waals surface area contributed by atoms with Gasteiger partial charge in [-0.25, -0.2) is 0 Å². The Morgan fingerprint density at radius 3 is 1.43 bits per heavy atom. The third-order valence-electron chi connectivity index (χ3n) is 7.31. The van der Waals surface area contributed by atoms with Crippen LogP contribution >= 0.6 is 0 Å². The summed E-state index contributed by atoms with van der Waals surface area (Å²) in [7, 11) is 4.60. The number of nitrogens with zero attached hydrogens (tertiary/aromatic N) is 1. The summed E-state index contributed by atoms with van der Waals surface area (Å²) in [6.45, 7) is 0.0442. The van der Waals surface area contributed by atoms with Crippen molar-refractivity contribution in [3.63, 3.8) is 0 Å². The van der Waals surface area contributed by atoms with Crippen LogP contribution in [0.3, 0.4) is 0 Å². The molecule has 0 aromatic heterocycles. The molecule has 40 heavy (non-hydrogen) atoms. The highest BCUT2D eigenvalue weighted by atomic mass is 16.5. The maximum absolute atomic E-state index is 14.1. The van der Waals surface area contributed by atoms with Crippen molar-refractivity contribution in [2.75, 3.05) is 21.3 Å². The maximum Gasteiger partial charge on any atom is 0.262 e. The zero-order valence-electron chi connectivity index (χ0n) is 22.4. The van der Waals surface area contributed by atoms with E-state index in [1.165, 1.54) is 26.2 Å². The van der Waals surface area contributed by atoms with E-state index in [9.17, 15) is 9.59 Å². The molecule has 6 rings (SSSR count). The fourth-order valence-electron chi connectivity index (χ4n) is 5.35. The molecule has 0 aliphatic carbocycles. The molecule has 0 fully saturated rings. The summed E-state index contributed by atoms with van der Waals surface area (Å²) in [6, 6.07) is 31.2. The van der Waals surface area contributed by atoms with Crippen LogP contribution in [0.4, 0.5) is 0 Å². The van der Waals surface area contributed by atoms with Crippen molar-refractivity contribution in [1.29, 1.82) is 0 Å². The Labute approximate surface area is 232 Å². The normalized spacial score (nSPS) is 13.4. The fraction of sp³-hybridized carbons (Fsp3) is 0.118. The molecule has 0 atom stereocenters. The summed E-state index contributed by atoms with van der Waals surface area (Å²) in [4.78, 5) is 29.5. The summed E-state index contributed by atoms with van der Waals surface area (Å²) in [5.74, 6) is 0.649. The predicted octanol–water partition coefficient (Wildman–Crippen LogP) is 6.50. The first kappa shape index (κ1) is 25.2. The van der Waals surface area contributed by atoms with E-state index in [2.05, 4.69) is 0 Å². The van der Waals surface area contributed by atoms with Gasteiger partial charge in [-0.3, -0.25) is 14.5 Å². The molecule has 0 N–H and O–H groups in total. The summed E-state index contributed by atoms with van der Waals surface area (Å²) >= 11 is 0. The first-order valence-corrected chi connectivity index (χ1v) is 12.9. The second-order valence-corrected chi connectivity index (χ2v) is 9.60. The Kier molecular flexibility index (Phi) is 6.44. The van der Waals surface area contributed by atoms with Gasteiger partial charge >= 0.3 is 0 Å². The number of ether oxygens (including phenoxy) is 3. The smallest absolute Gasteiger partial charge is 0.262 e. The van der Waals surface area contributed by atoms with E-state index >= 15 is 0 Å². The molecule has 6 nitrogen and oxygen atoms in total. The number of methoxy groups -OCH3 is 3. The minimum Gasteiger partial charge on any atom is -0.493 e. The van der Waals surface area contributed by atoms with Gasteiger partial charge in [0.05, 0.1) is 39.0 Å². The number of imide groups is 1. The molecule has 5 aromatic rings. The van der Waals surface area contributed by atoms with Crippen LogP contribution < -0.4 is 14.2 Å². The molecule has 0 saturated heterocycles. The molecule has 0 radical (unpaired) electrons. The van der Waals surface area contributed by atoms with Crippen molar-refractivity contribution in [2.24, 2.45) is 0 Å². The van der Waals surface area contributed by atoms with Crippen LogP contribution in [0.5, 0.6) is 17.2 Å². The van der Waals surface area contributed by atoms with Crippen LogP contribution in [0, 0.1) is 0 Å². The minimum absolute atomic E-state index is 0.0442. The van der Waals surface area contributed by atoms with Crippen molar-refractivity contribution in [2.45, 2.75) is 6.54 Å². The molecule has 0 saturated carbocycles. The van der Waals surface area contributed by atoms with Gasteiger partial charge in [-0.1, -0.05) is 72.8 Å². The highest BCUT2D eigenvalue weighted by Gasteiger charge is 2.40. The summed E-state index contributed by atoms with van der Waals surface area (Å²) in [5, 5.41) is 4.11. The number of fused-ring (bicyclic) bond motifs is 2. The molecule has 198 valence electrons. The van der Waals surface area contributed by atoms with E-state index in [0.29, 0.717) is 45.1 Å². The van der Waals surface area contributed by atoms with E-state index in [4.69, 9.17) is 14.2 Å². The van der Waals surface area contributed by atoms with Crippen molar-refractivity contribution in [3.05, 3.63) is 114 Å². The van der Waals surface area contributed by atoms with E-state index in [0.717, 1.165) is 21.5 Å². The molecule has 0 bridgehead atoms. The zero-order chi connectivity index (χ0) is 27.8. The quantitative estimate of drug-likeness (QED) is 0.225. The van der Waals surface area contributed by atoms with E-state index in [1.54, 1.807) is 12.1 Å². The lowest BCUT2D eigenvalue weighted by Gasteiger charge is -2.18. The summed E-state index contributed by atoms with van der Waals surface area (Å²) < 4.78 is 16.4. The van der Waals surface area contributed by atoms with Crippen LogP contribution in [-0.4, -0.2) is 38.0 Å². The standard InChI is InChI=1S/C34H27NO5/c1-38-28-16-21(17-29(39-2)32(28)40-3)20-35-33(36)30(26-14-12-22-8-4-6-10-24(22)18-26)31(34(35)37)27-15-13-23-9-5-7-11-25(23)19-27/h4-19H,20H2,1-3H3. The highest BCUT2D eigenvalue weighted by molar-refractivity contribution is 6.49. The Morgan fingerprint density at radius 1 is 0.550 bits per heavy atom. The largest absolute Gasteiger partial charge is 0.493 e. The number of hydrogen-bond donors (Lipinski definition) is 0. The van der Waals surface area contributed by atoms with Gasteiger partial charge in [-0.2, -0.15) is 0 Å². The lowest BCUT2D eigenvalue weighted by atomic mass is 9.93. The lowest BCUT2D eigenvalue weighted by molar-refractivity contribution is -0.136. The Bertz CT molecular complexity index is 1710. The first-order valence-electron chi connectivity index (χ1n) is 12.9. The second kappa shape index (κ2) is 10.2. The SMILES string of the molecule is COc1cc(CN2C(=O)C(c3ccc4ccccc4c3)=C(c3ccc4ccccc4c3)C2=O)cc(OC)c1OC. The van der Waals surface area contributed by atoms with E-state index < -0.39 is 0 Å². The number of amides is 2. The second-order valence-electron chi connectivity index (χ2n) is 9.60. The zero-order valence-corrected chi connectivity index (χ0v) is 22.4. The summed E-state index contributed by atoms with van der Waals surface area (Å²) in [6.07, 6.45) is 0. The molecule has 0 unspecified atom stereocenters. The van der Waals surface area contributed by atoms with Crippen LogP contribution in [0.25, 0.3) is 32.7 Å². The van der Waals surface area contributed by atoms with Crippen molar-refractivity contribution >= 4 is 44.5 Å². The Morgan fingerprint density at radius 2 is 1.00 bits per heavy atom. The van der Waals surface area contributed by atoms with Gasteiger partial charge in [-0.15, -0.1) is 0 Å². The Hall–Kier alpha value is -5.10. The van der Waals surface area contributed by atoms with Crippen LogP contribution in [-0.2, 0) is 16.1 Å². The summed E-state index contributed by atoms with van der Waals surface area (Å²) in [5.41, 5.74) is 2.85. The molecule has 1 heterocycles. The van der Waals surface area contributed by atoms with Gasteiger partial charge in [0.15, 0.2) is 11.5 Å². The van der Waals surface area contributed by atoms with E-state index in [1.807, 2.05) is 84.9 Å². The first-order chi connectivity index (χ1) is 19.5. The molecule has 1 aliphatic rings. The molecular weight excluding hydrogens is 502 g/mol. The molecular formula is C34H27NO5. The van der Waals surface area contributed by atoms with Gasteiger partial charge < -0.3 is 14.2 Å². The van der Waals surface area contributed by atoms with Crippen LogP contribution in [0.2, 0.25) is 0 Å². The molecule has 1 aliphatic heterocycles. The monoisotopic (exact) mass is 529 g/mol. The number of rotatable bonds is 7. The van der Waals surface area contributed by atoms with Gasteiger partial charge in [0.2, 0.25) is 5.75 Å². The number of carbonyl (C=O) groups excluding carboxylic acids is 2. The van der Waals surface area contributed by atoms with Gasteiger partial charge in [-0.05, 0) is 62.5 Å². The van der Waals surface area contributed by atoms with E-state index in [-0.39, 0.29) is 18.4 Å². The van der Waals surface area contributed by atoms with Gasteiger partial charge in [0.1, 0.15) is 0 Å². The maximum atomic E-state index is 14.1. The van der Waals surface area contributed by atoms with Crippen molar-refractivity contribution in [1.82, 2.24) is 4.90 Å². The Balaban J connectivity index is 1.49. The van der Waals surface area contributed by atoms with Crippen LogP contribution in [0.15, 0.2) is 97.1 Å². The van der Waals surface area contributed by atoms with Crippen molar-refractivity contribution < 1.29 is 23.8 Å². The van der Waals surface area contributed by atoms with Gasteiger partial charge in [0.25, 0.3) is 11.8 Å². The minimum atomic E-state index is -0.350. The van der Waals surface area contributed by atoms with Crippen molar-refractivity contribution in [3.8, 4) is 17.2 Å². The predicted molar refractivity (Wildman–Crippen MR) is 156 cm³/mol. The third kappa shape index (κ3) is 4.24. The molecule has 6 heteroatoms. The number of hydrogen-bond acceptors (Lipinski definition) is 5. The average molecular weight is 530 g/mol. The highest BCUT2D eigenvalue weighted by Crippen LogP contribution is 2.41.